The van der Waals surface area contributed by atoms with Crippen LogP contribution in [0.5, 0.6) is 0 Å². The fraction of sp³-hybridized carbons (Fsp3) is 0.579. The number of carbonyl (C=O) groups excluding carboxylic acids is 2. The van der Waals surface area contributed by atoms with Crippen LogP contribution in [0.15, 0.2) is 24.3 Å². The minimum Gasteiger partial charge on any atom is -0.352 e. The minimum absolute atomic E-state index is 0.0352. The number of rotatable bonds is 6. The lowest BCUT2D eigenvalue weighted by Gasteiger charge is -2.34. The Morgan fingerprint density at radius 1 is 1.27 bits per heavy atom. The maximum Gasteiger partial charge on any atom is 0.312 e. The minimum atomic E-state index is -0.612. The molecule has 2 rings (SSSR count). The quantitative estimate of drug-likeness (QED) is 0.810. The Labute approximate surface area is 154 Å². The van der Waals surface area contributed by atoms with Crippen molar-refractivity contribution in [1.82, 2.24) is 15.1 Å². The molecule has 1 heterocycles. The van der Waals surface area contributed by atoms with Crippen LogP contribution >= 0.6 is 0 Å². The van der Waals surface area contributed by atoms with Gasteiger partial charge < -0.3 is 16.0 Å². The molecule has 0 aromatic heterocycles. The predicted octanol–water partition coefficient (Wildman–Crippen LogP) is 1.94. The number of amides is 3. The van der Waals surface area contributed by atoms with Crippen LogP contribution in [0.1, 0.15) is 32.3 Å². The Bertz CT molecular complexity index is 606. The van der Waals surface area contributed by atoms with Crippen LogP contribution in [0.2, 0.25) is 0 Å². The number of hydrogen-bond acceptors (Lipinski definition) is 3. The average Bonchev–Trinajstić information content (AvgIpc) is 2.79. The van der Waals surface area contributed by atoms with Crippen LogP contribution in [-0.4, -0.2) is 54.0 Å². The van der Waals surface area contributed by atoms with Crippen LogP contribution in [0.4, 0.5) is 9.18 Å². The topological polar surface area (TPSA) is 78.7 Å². The number of halogens is 1. The van der Waals surface area contributed by atoms with Gasteiger partial charge in [-0.1, -0.05) is 26.0 Å². The molecule has 1 aromatic carbocycles. The first-order valence-corrected chi connectivity index (χ1v) is 9.16. The summed E-state index contributed by atoms with van der Waals surface area (Å²) in [4.78, 5) is 27.5. The van der Waals surface area contributed by atoms with Gasteiger partial charge >= 0.3 is 6.03 Å². The molecular formula is C19H29FN4O2. The third-order valence-electron chi connectivity index (χ3n) is 4.81. The highest BCUT2D eigenvalue weighted by Crippen LogP contribution is 2.20. The van der Waals surface area contributed by atoms with Crippen molar-refractivity contribution in [2.75, 3.05) is 26.2 Å². The Kier molecular flexibility index (Phi) is 7.38. The molecule has 3 amide bonds. The Hall–Kier alpha value is -2.15. The molecule has 1 aliphatic rings. The largest absolute Gasteiger partial charge is 0.352 e. The normalized spacial score (nSPS) is 18.6. The van der Waals surface area contributed by atoms with Gasteiger partial charge in [0.15, 0.2) is 0 Å². The Morgan fingerprint density at radius 2 is 1.96 bits per heavy atom. The molecular weight excluding hydrogens is 335 g/mol. The zero-order valence-corrected chi connectivity index (χ0v) is 15.6. The molecule has 1 aliphatic heterocycles. The number of nitrogens with two attached hydrogens (primary N) is 1. The highest BCUT2D eigenvalue weighted by molar-refractivity contribution is 5.77. The molecule has 0 radical (unpaired) electrons. The third kappa shape index (κ3) is 5.98. The van der Waals surface area contributed by atoms with Gasteiger partial charge in [0.1, 0.15) is 5.82 Å². The van der Waals surface area contributed by atoms with Crippen molar-refractivity contribution < 1.29 is 14.0 Å². The van der Waals surface area contributed by atoms with Gasteiger partial charge in [0.25, 0.3) is 0 Å². The number of hydrogen-bond donors (Lipinski definition) is 2. The van der Waals surface area contributed by atoms with E-state index >= 15 is 0 Å². The van der Waals surface area contributed by atoms with Crippen molar-refractivity contribution in [3.63, 3.8) is 0 Å². The van der Waals surface area contributed by atoms with E-state index in [0.717, 1.165) is 25.1 Å². The van der Waals surface area contributed by atoms with Crippen molar-refractivity contribution in [2.24, 2.45) is 11.7 Å². The standard InChI is InChI=1S/C19H29FN4O2/c1-14(2)17-13-24(18(25)8-9-22-19(21)26)11-3-10-23(17)12-15-4-6-16(20)7-5-15/h4-7,14,17H,3,8-13H2,1-2H3,(H3,21,22,26). The molecule has 7 heteroatoms. The Morgan fingerprint density at radius 3 is 2.58 bits per heavy atom. The van der Waals surface area contributed by atoms with Gasteiger partial charge in [-0.3, -0.25) is 9.69 Å². The maximum atomic E-state index is 13.1. The molecule has 1 fully saturated rings. The van der Waals surface area contributed by atoms with E-state index in [1.54, 1.807) is 0 Å². The van der Waals surface area contributed by atoms with E-state index in [1.165, 1.54) is 12.1 Å². The van der Waals surface area contributed by atoms with Gasteiger partial charge in [0.05, 0.1) is 0 Å². The van der Waals surface area contributed by atoms with E-state index in [1.807, 2.05) is 17.0 Å². The van der Waals surface area contributed by atoms with Crippen molar-refractivity contribution >= 4 is 11.9 Å². The summed E-state index contributed by atoms with van der Waals surface area (Å²) in [6.07, 6.45) is 1.14. The third-order valence-corrected chi connectivity index (χ3v) is 4.81. The molecule has 6 nitrogen and oxygen atoms in total. The summed E-state index contributed by atoms with van der Waals surface area (Å²) >= 11 is 0. The number of benzene rings is 1. The second kappa shape index (κ2) is 9.52. The molecule has 1 aromatic rings. The van der Waals surface area contributed by atoms with E-state index in [-0.39, 0.29) is 30.7 Å². The molecule has 0 bridgehead atoms. The van der Waals surface area contributed by atoms with Crippen molar-refractivity contribution in [2.45, 2.75) is 39.3 Å². The molecule has 144 valence electrons. The van der Waals surface area contributed by atoms with Crippen LogP contribution < -0.4 is 11.1 Å². The van der Waals surface area contributed by atoms with E-state index in [0.29, 0.717) is 19.0 Å². The molecule has 0 aliphatic carbocycles. The second-order valence-electron chi connectivity index (χ2n) is 7.14. The van der Waals surface area contributed by atoms with E-state index in [9.17, 15) is 14.0 Å². The molecule has 0 saturated carbocycles. The van der Waals surface area contributed by atoms with Gasteiger partial charge in [0.2, 0.25) is 5.91 Å². The average molecular weight is 364 g/mol. The van der Waals surface area contributed by atoms with Gasteiger partial charge in [-0.2, -0.15) is 0 Å². The second-order valence-corrected chi connectivity index (χ2v) is 7.14. The number of carbonyl (C=O) groups is 2. The van der Waals surface area contributed by atoms with Crippen LogP contribution in [0, 0.1) is 11.7 Å². The van der Waals surface area contributed by atoms with E-state index < -0.39 is 6.03 Å². The number of primary amides is 1. The molecule has 26 heavy (non-hydrogen) atoms. The molecule has 1 unspecified atom stereocenters. The number of urea groups is 1. The van der Waals surface area contributed by atoms with Crippen LogP contribution in [0.3, 0.4) is 0 Å². The predicted molar refractivity (Wildman–Crippen MR) is 98.8 cm³/mol. The van der Waals surface area contributed by atoms with Crippen molar-refractivity contribution in [3.8, 4) is 0 Å². The van der Waals surface area contributed by atoms with Crippen LogP contribution in [0.25, 0.3) is 0 Å². The lowest BCUT2D eigenvalue weighted by atomic mass is 10.0. The first kappa shape index (κ1) is 20.2. The van der Waals surface area contributed by atoms with Crippen molar-refractivity contribution in [1.29, 1.82) is 0 Å². The number of nitrogens with zero attached hydrogens (tertiary/aromatic N) is 2. The highest BCUT2D eigenvalue weighted by atomic mass is 19.1. The van der Waals surface area contributed by atoms with Gasteiger partial charge in [0, 0.05) is 45.2 Å². The Balaban J connectivity index is 2.00. The zero-order chi connectivity index (χ0) is 19.1. The lowest BCUT2D eigenvalue weighted by Crippen LogP contribution is -2.46. The molecule has 1 saturated heterocycles. The zero-order valence-electron chi connectivity index (χ0n) is 15.6. The summed E-state index contributed by atoms with van der Waals surface area (Å²) < 4.78 is 13.1. The fourth-order valence-electron chi connectivity index (χ4n) is 3.39. The summed E-state index contributed by atoms with van der Waals surface area (Å²) in [6, 6.07) is 6.22. The molecule has 1 atom stereocenters. The highest BCUT2D eigenvalue weighted by Gasteiger charge is 2.29. The lowest BCUT2D eigenvalue weighted by molar-refractivity contribution is -0.131. The summed E-state index contributed by atoms with van der Waals surface area (Å²) in [5.41, 5.74) is 6.11. The maximum absolute atomic E-state index is 13.1. The van der Waals surface area contributed by atoms with E-state index in [2.05, 4.69) is 24.1 Å². The summed E-state index contributed by atoms with van der Waals surface area (Å²) in [5.74, 6) is 0.187. The van der Waals surface area contributed by atoms with Gasteiger partial charge in [-0.05, 0) is 30.0 Å². The number of nitrogens with one attached hydrogen (secondary N) is 1. The SMILES string of the molecule is CC(C)C1CN(C(=O)CCNC(N)=O)CCCN1Cc1ccc(F)cc1. The monoisotopic (exact) mass is 364 g/mol. The van der Waals surface area contributed by atoms with E-state index in [4.69, 9.17) is 5.73 Å². The molecule has 0 spiro atoms. The van der Waals surface area contributed by atoms with Gasteiger partial charge in [-0.25, -0.2) is 9.18 Å². The van der Waals surface area contributed by atoms with Crippen molar-refractivity contribution in [3.05, 3.63) is 35.6 Å². The fourth-order valence-corrected chi connectivity index (χ4v) is 3.39. The molecule has 3 N–H and O–H groups in total. The van der Waals surface area contributed by atoms with Crippen LogP contribution in [-0.2, 0) is 11.3 Å². The summed E-state index contributed by atoms with van der Waals surface area (Å²) in [5, 5.41) is 2.46. The smallest absolute Gasteiger partial charge is 0.312 e. The summed E-state index contributed by atoms with van der Waals surface area (Å²) in [6.45, 7) is 7.58. The van der Waals surface area contributed by atoms with Gasteiger partial charge in [-0.15, -0.1) is 0 Å². The summed E-state index contributed by atoms with van der Waals surface area (Å²) in [7, 11) is 0. The first-order chi connectivity index (χ1) is 12.4. The first-order valence-electron chi connectivity index (χ1n) is 9.16.